The zero-order chi connectivity index (χ0) is 14.2. The van der Waals surface area contributed by atoms with Crippen molar-refractivity contribution in [2.75, 3.05) is 0 Å². The van der Waals surface area contributed by atoms with E-state index in [1.807, 2.05) is 0 Å². The van der Waals surface area contributed by atoms with Crippen LogP contribution in [0.4, 0.5) is 4.39 Å². The number of benzene rings is 1. The molecule has 2 atom stereocenters. The van der Waals surface area contributed by atoms with Gasteiger partial charge in [0, 0.05) is 13.0 Å². The maximum absolute atomic E-state index is 13.5. The predicted octanol–water partition coefficient (Wildman–Crippen LogP) is 3.77. The van der Waals surface area contributed by atoms with Gasteiger partial charge >= 0.3 is 0 Å². The molecule has 0 saturated heterocycles. The number of hydrogen-bond donors (Lipinski definition) is 0. The molecule has 1 fully saturated rings. The smallest absolute Gasteiger partial charge is 0.130 e. The number of halogens is 1. The summed E-state index contributed by atoms with van der Waals surface area (Å²) in [7, 11) is 0. The van der Waals surface area contributed by atoms with E-state index in [2.05, 4.69) is 4.98 Å². The highest BCUT2D eigenvalue weighted by molar-refractivity contribution is 5.87. The molecule has 0 N–H and O–H groups in total. The molecule has 0 bridgehead atoms. The van der Waals surface area contributed by atoms with Crippen molar-refractivity contribution in [1.82, 2.24) is 4.98 Å². The number of carbonyl (C=O) groups excluding carboxylic acids is 1. The van der Waals surface area contributed by atoms with Crippen molar-refractivity contribution in [3.8, 4) is 0 Å². The highest BCUT2D eigenvalue weighted by atomic mass is 19.1. The van der Waals surface area contributed by atoms with Crippen molar-refractivity contribution in [1.29, 1.82) is 0 Å². The molecule has 3 heteroatoms. The normalized spacial score (nSPS) is 28.1. The van der Waals surface area contributed by atoms with Crippen LogP contribution in [0.5, 0.6) is 0 Å². The Morgan fingerprint density at radius 1 is 1.32 bits per heavy atom. The van der Waals surface area contributed by atoms with Gasteiger partial charge < -0.3 is 4.79 Å². The summed E-state index contributed by atoms with van der Waals surface area (Å²) in [6.07, 6.45) is 5.29. The molecular formula is C16H16FNO. The molecule has 1 heterocycles. The third kappa shape index (κ3) is 2.03. The number of fused-ring (bicyclic) bond motifs is 1. The van der Waals surface area contributed by atoms with E-state index in [1.54, 1.807) is 18.3 Å². The summed E-state index contributed by atoms with van der Waals surface area (Å²) in [5.41, 5.74) is 0.839. The average molecular weight is 258 g/mol. The Balaban J connectivity index is 2.21. The van der Waals surface area contributed by atoms with Crippen LogP contribution >= 0.6 is 0 Å². The fourth-order valence-electron chi connectivity index (χ4n) is 2.99. The quantitative estimate of drug-likeness (QED) is 0.767. The van der Waals surface area contributed by atoms with E-state index in [0.29, 0.717) is 17.3 Å². The molecule has 1 aliphatic carbocycles. The second-order valence-corrected chi connectivity index (χ2v) is 5.18. The van der Waals surface area contributed by atoms with Crippen LogP contribution in [0.2, 0.25) is 0 Å². The summed E-state index contributed by atoms with van der Waals surface area (Å²) in [6, 6.07) is 6.25. The molecule has 0 radical (unpaired) electrons. The van der Waals surface area contributed by atoms with Gasteiger partial charge in [0.25, 0.3) is 0 Å². The van der Waals surface area contributed by atoms with Gasteiger partial charge in [0.05, 0.1) is 10.9 Å². The first kappa shape index (κ1) is 11.1. The summed E-state index contributed by atoms with van der Waals surface area (Å²) < 4.78 is 21.5. The maximum Gasteiger partial charge on any atom is 0.130 e. The van der Waals surface area contributed by atoms with E-state index in [0.717, 1.165) is 31.1 Å². The average Bonchev–Trinajstić information content (AvgIpc) is 2.46. The molecule has 2 nitrogen and oxygen atoms in total. The first-order valence-corrected chi connectivity index (χ1v) is 6.58. The van der Waals surface area contributed by atoms with Crippen LogP contribution in [0.15, 0.2) is 30.5 Å². The first-order valence-electron chi connectivity index (χ1n) is 7.16. The highest BCUT2D eigenvalue weighted by Gasteiger charge is 2.35. The van der Waals surface area contributed by atoms with E-state index >= 15 is 0 Å². The Kier molecular flexibility index (Phi) is 2.76. The zero-order valence-corrected chi connectivity index (χ0v) is 10.6. The molecule has 1 aromatic heterocycles. The van der Waals surface area contributed by atoms with Crippen molar-refractivity contribution in [3.63, 3.8) is 0 Å². The molecule has 0 spiro atoms. The molecule has 1 saturated carbocycles. The SMILES string of the molecule is [2H]C1CCCC(C=O)(c2ccnc3ccc(F)cc23)C1. The lowest BCUT2D eigenvalue weighted by atomic mass is 9.70. The van der Waals surface area contributed by atoms with Gasteiger partial charge in [-0.2, -0.15) is 0 Å². The van der Waals surface area contributed by atoms with Crippen LogP contribution in [-0.2, 0) is 10.2 Å². The van der Waals surface area contributed by atoms with Crippen molar-refractivity contribution < 1.29 is 10.6 Å². The number of carbonyl (C=O) groups is 1. The van der Waals surface area contributed by atoms with Crippen molar-refractivity contribution >= 4 is 17.2 Å². The Labute approximate surface area is 113 Å². The number of aromatic nitrogens is 1. The number of rotatable bonds is 2. The highest BCUT2D eigenvalue weighted by Crippen LogP contribution is 2.40. The van der Waals surface area contributed by atoms with Crippen LogP contribution in [0.3, 0.4) is 0 Å². The lowest BCUT2D eigenvalue weighted by Gasteiger charge is -2.33. The molecule has 2 unspecified atom stereocenters. The summed E-state index contributed by atoms with van der Waals surface area (Å²) in [5.74, 6) is -0.328. The Hall–Kier alpha value is -1.77. The van der Waals surface area contributed by atoms with E-state index in [-0.39, 0.29) is 12.2 Å². The molecule has 1 aliphatic rings. The number of hydrogen-bond acceptors (Lipinski definition) is 2. The third-order valence-electron chi connectivity index (χ3n) is 4.01. The van der Waals surface area contributed by atoms with Crippen molar-refractivity contribution in [2.24, 2.45) is 0 Å². The first-order chi connectivity index (χ1) is 9.64. The molecule has 19 heavy (non-hydrogen) atoms. The summed E-state index contributed by atoms with van der Waals surface area (Å²) >= 11 is 0. The monoisotopic (exact) mass is 258 g/mol. The van der Waals surface area contributed by atoms with Gasteiger partial charge in [0.15, 0.2) is 0 Å². The second-order valence-electron chi connectivity index (χ2n) is 5.18. The largest absolute Gasteiger partial charge is 0.302 e. The minimum Gasteiger partial charge on any atom is -0.302 e. The zero-order valence-electron chi connectivity index (χ0n) is 11.6. The lowest BCUT2D eigenvalue weighted by Crippen LogP contribution is -2.31. The maximum atomic E-state index is 13.5. The van der Waals surface area contributed by atoms with Crippen LogP contribution in [0.25, 0.3) is 10.9 Å². The van der Waals surface area contributed by atoms with Gasteiger partial charge in [0.2, 0.25) is 0 Å². The summed E-state index contributed by atoms with van der Waals surface area (Å²) in [4.78, 5) is 16.0. The molecule has 98 valence electrons. The van der Waals surface area contributed by atoms with E-state index < -0.39 is 5.41 Å². The summed E-state index contributed by atoms with van der Waals surface area (Å²) in [6.45, 7) is 0. The molecule has 1 aromatic carbocycles. The van der Waals surface area contributed by atoms with E-state index in [4.69, 9.17) is 1.37 Å². The van der Waals surface area contributed by atoms with Crippen LogP contribution in [0.1, 0.15) is 39.0 Å². The summed E-state index contributed by atoms with van der Waals surface area (Å²) in [5, 5.41) is 0.689. The van der Waals surface area contributed by atoms with Gasteiger partial charge in [0.1, 0.15) is 12.1 Å². The van der Waals surface area contributed by atoms with Crippen LogP contribution in [-0.4, -0.2) is 11.3 Å². The molecule has 0 aliphatic heterocycles. The van der Waals surface area contributed by atoms with Gasteiger partial charge in [-0.15, -0.1) is 0 Å². The Morgan fingerprint density at radius 3 is 3.00 bits per heavy atom. The molecule has 2 aromatic rings. The second kappa shape index (κ2) is 4.72. The topological polar surface area (TPSA) is 30.0 Å². The minimum atomic E-state index is -0.667. The lowest BCUT2D eigenvalue weighted by molar-refractivity contribution is -0.113. The van der Waals surface area contributed by atoms with Crippen LogP contribution < -0.4 is 0 Å². The van der Waals surface area contributed by atoms with Crippen LogP contribution in [0, 0.1) is 5.82 Å². The van der Waals surface area contributed by atoms with E-state index in [9.17, 15) is 9.18 Å². The standard InChI is InChI=1S/C16H16FNO/c17-12-4-5-15-13(10-12)14(6-9-18-15)16(11-19)7-2-1-3-8-16/h4-6,9-11H,1-3,7-8H2/i2D. The van der Waals surface area contributed by atoms with Gasteiger partial charge in [-0.3, -0.25) is 4.98 Å². The minimum absolute atomic E-state index is 0.231. The van der Waals surface area contributed by atoms with Gasteiger partial charge in [-0.1, -0.05) is 19.2 Å². The molecule has 0 amide bonds. The molecule has 3 rings (SSSR count). The fraction of sp³-hybridized carbons (Fsp3) is 0.375. The predicted molar refractivity (Wildman–Crippen MR) is 72.5 cm³/mol. The van der Waals surface area contributed by atoms with Gasteiger partial charge in [-0.25, -0.2) is 4.39 Å². The Bertz CT molecular complexity index is 660. The van der Waals surface area contributed by atoms with Crippen molar-refractivity contribution in [2.45, 2.75) is 37.5 Å². The van der Waals surface area contributed by atoms with Crippen molar-refractivity contribution in [3.05, 3.63) is 41.8 Å². The number of nitrogens with zero attached hydrogens (tertiary/aromatic N) is 1. The third-order valence-corrected chi connectivity index (χ3v) is 4.01. The van der Waals surface area contributed by atoms with Gasteiger partial charge in [-0.05, 0) is 42.7 Å². The van der Waals surface area contributed by atoms with E-state index in [1.165, 1.54) is 12.1 Å². The Morgan fingerprint density at radius 2 is 2.21 bits per heavy atom. The number of pyridine rings is 1. The molecular weight excluding hydrogens is 241 g/mol. The fourth-order valence-corrected chi connectivity index (χ4v) is 2.99. The number of aldehydes is 1.